The predicted molar refractivity (Wildman–Crippen MR) is 71.9 cm³/mol. The molecule has 1 amide bonds. The van der Waals surface area contributed by atoms with Crippen molar-refractivity contribution in [2.75, 3.05) is 11.9 Å². The van der Waals surface area contributed by atoms with Crippen molar-refractivity contribution < 1.29 is 14.7 Å². The largest absolute Gasteiger partial charge is 0.481 e. The summed E-state index contributed by atoms with van der Waals surface area (Å²) in [6, 6.07) is 5.83. The van der Waals surface area contributed by atoms with E-state index in [2.05, 4.69) is 10.6 Å². The molecule has 0 saturated heterocycles. The van der Waals surface area contributed by atoms with E-state index in [1.54, 1.807) is 0 Å². The van der Waals surface area contributed by atoms with Crippen LogP contribution in [0.3, 0.4) is 0 Å². The fourth-order valence-electron chi connectivity index (χ4n) is 2.19. The molecular weight excluding hydrogens is 244 g/mol. The minimum Gasteiger partial charge on any atom is -0.481 e. The first-order chi connectivity index (χ1) is 9.10. The Morgan fingerprint density at radius 3 is 3.00 bits per heavy atom. The molecule has 5 nitrogen and oxygen atoms in total. The number of rotatable bonds is 6. The highest BCUT2D eigenvalue weighted by Gasteiger charge is 2.17. The van der Waals surface area contributed by atoms with Gasteiger partial charge in [-0.1, -0.05) is 19.1 Å². The molecule has 0 bridgehead atoms. The van der Waals surface area contributed by atoms with Crippen LogP contribution in [-0.2, 0) is 22.6 Å². The van der Waals surface area contributed by atoms with Gasteiger partial charge in [0.05, 0.1) is 12.3 Å². The van der Waals surface area contributed by atoms with Crippen molar-refractivity contribution in [1.82, 2.24) is 5.32 Å². The second-order valence-corrected chi connectivity index (χ2v) is 4.79. The molecule has 0 fully saturated rings. The molecule has 1 aromatic carbocycles. The number of hydrogen-bond acceptors (Lipinski definition) is 3. The molecule has 3 N–H and O–H groups in total. The Labute approximate surface area is 112 Å². The van der Waals surface area contributed by atoms with Gasteiger partial charge in [-0.3, -0.25) is 9.59 Å². The molecule has 19 heavy (non-hydrogen) atoms. The van der Waals surface area contributed by atoms with Gasteiger partial charge in [-0.05, 0) is 23.6 Å². The van der Waals surface area contributed by atoms with E-state index in [-0.39, 0.29) is 11.8 Å². The molecule has 0 aliphatic carbocycles. The van der Waals surface area contributed by atoms with E-state index >= 15 is 0 Å². The maximum absolute atomic E-state index is 11.2. The summed E-state index contributed by atoms with van der Waals surface area (Å²) < 4.78 is 0. The highest BCUT2D eigenvalue weighted by molar-refractivity contribution is 5.99. The van der Waals surface area contributed by atoms with Crippen molar-refractivity contribution in [1.29, 1.82) is 0 Å². The van der Waals surface area contributed by atoms with E-state index in [1.165, 1.54) is 0 Å². The van der Waals surface area contributed by atoms with Gasteiger partial charge < -0.3 is 15.7 Å². The molecule has 1 aliphatic heterocycles. The topological polar surface area (TPSA) is 78.4 Å². The lowest BCUT2D eigenvalue weighted by atomic mass is 10.1. The second kappa shape index (κ2) is 5.84. The van der Waals surface area contributed by atoms with Crippen LogP contribution >= 0.6 is 0 Å². The molecular formula is C14H18N2O3. The third kappa shape index (κ3) is 3.32. The first-order valence-electron chi connectivity index (χ1n) is 6.45. The fourth-order valence-corrected chi connectivity index (χ4v) is 2.19. The van der Waals surface area contributed by atoms with Gasteiger partial charge in [0.25, 0.3) is 0 Å². The molecule has 1 unspecified atom stereocenters. The molecule has 102 valence electrons. The van der Waals surface area contributed by atoms with E-state index in [4.69, 9.17) is 5.11 Å². The number of hydrogen-bond donors (Lipinski definition) is 3. The summed E-state index contributed by atoms with van der Waals surface area (Å²) in [5.74, 6) is -1.09. The highest BCUT2D eigenvalue weighted by atomic mass is 16.4. The van der Waals surface area contributed by atoms with Gasteiger partial charge in [-0.2, -0.15) is 0 Å². The number of fused-ring (bicyclic) bond motifs is 1. The Morgan fingerprint density at radius 2 is 2.32 bits per heavy atom. The van der Waals surface area contributed by atoms with Gasteiger partial charge in [0.2, 0.25) is 5.91 Å². The normalized spacial score (nSPS) is 14.9. The van der Waals surface area contributed by atoms with Crippen LogP contribution in [0.1, 0.15) is 24.5 Å². The highest BCUT2D eigenvalue weighted by Crippen LogP contribution is 2.23. The summed E-state index contributed by atoms with van der Waals surface area (Å²) in [7, 11) is 0. The van der Waals surface area contributed by atoms with Crippen LogP contribution in [0.15, 0.2) is 18.2 Å². The standard InChI is InChI=1S/C14H18N2O3/c1-2-10(14(18)19)8-15-7-9-3-4-12-11(5-9)6-13(17)16-12/h3-5,10,15H,2,6-8H2,1H3,(H,16,17)(H,18,19). The zero-order valence-electron chi connectivity index (χ0n) is 10.9. The predicted octanol–water partition coefficient (Wildman–Crippen LogP) is 1.38. The average Bonchev–Trinajstić information content (AvgIpc) is 2.73. The van der Waals surface area contributed by atoms with E-state index < -0.39 is 5.97 Å². The smallest absolute Gasteiger partial charge is 0.307 e. The van der Waals surface area contributed by atoms with Crippen molar-refractivity contribution in [2.24, 2.45) is 5.92 Å². The Balaban J connectivity index is 1.89. The Kier molecular flexibility index (Phi) is 4.16. The van der Waals surface area contributed by atoms with Gasteiger partial charge in [-0.25, -0.2) is 0 Å². The Morgan fingerprint density at radius 1 is 1.53 bits per heavy atom. The molecule has 1 aromatic rings. The summed E-state index contributed by atoms with van der Waals surface area (Å²) in [6.07, 6.45) is 1.04. The number of benzene rings is 1. The van der Waals surface area contributed by atoms with E-state index in [0.29, 0.717) is 25.9 Å². The zero-order chi connectivity index (χ0) is 13.8. The van der Waals surface area contributed by atoms with Crippen LogP contribution in [0.25, 0.3) is 0 Å². The number of carboxylic acids is 1. The van der Waals surface area contributed by atoms with Gasteiger partial charge in [0.15, 0.2) is 0 Å². The molecule has 1 atom stereocenters. The first-order valence-corrected chi connectivity index (χ1v) is 6.45. The van der Waals surface area contributed by atoms with Crippen molar-refractivity contribution in [3.05, 3.63) is 29.3 Å². The summed E-state index contributed by atoms with van der Waals surface area (Å²) >= 11 is 0. The quantitative estimate of drug-likeness (QED) is 0.723. The number of aliphatic carboxylic acids is 1. The van der Waals surface area contributed by atoms with Crippen molar-refractivity contribution in [3.8, 4) is 0 Å². The van der Waals surface area contributed by atoms with E-state index in [9.17, 15) is 9.59 Å². The van der Waals surface area contributed by atoms with Crippen molar-refractivity contribution in [3.63, 3.8) is 0 Å². The van der Waals surface area contributed by atoms with Crippen LogP contribution in [-0.4, -0.2) is 23.5 Å². The lowest BCUT2D eigenvalue weighted by molar-refractivity contribution is -0.141. The van der Waals surface area contributed by atoms with Gasteiger partial charge >= 0.3 is 5.97 Å². The van der Waals surface area contributed by atoms with Crippen molar-refractivity contribution >= 4 is 17.6 Å². The summed E-state index contributed by atoms with van der Waals surface area (Å²) in [5.41, 5.74) is 2.95. The third-order valence-electron chi connectivity index (χ3n) is 3.36. The Hall–Kier alpha value is -1.88. The maximum atomic E-state index is 11.2. The molecule has 5 heteroatoms. The van der Waals surface area contributed by atoms with Crippen LogP contribution in [0.5, 0.6) is 0 Å². The lowest BCUT2D eigenvalue weighted by Crippen LogP contribution is -2.27. The van der Waals surface area contributed by atoms with E-state index in [0.717, 1.165) is 16.8 Å². The number of anilines is 1. The molecule has 1 aliphatic rings. The van der Waals surface area contributed by atoms with Crippen LogP contribution in [0.2, 0.25) is 0 Å². The molecule has 0 radical (unpaired) electrons. The fraction of sp³-hybridized carbons (Fsp3) is 0.429. The van der Waals surface area contributed by atoms with Crippen LogP contribution in [0, 0.1) is 5.92 Å². The van der Waals surface area contributed by atoms with Gasteiger partial charge in [0.1, 0.15) is 0 Å². The number of nitrogens with one attached hydrogen (secondary N) is 2. The molecule has 2 rings (SSSR count). The third-order valence-corrected chi connectivity index (χ3v) is 3.36. The Bertz CT molecular complexity index is 499. The molecule has 0 spiro atoms. The van der Waals surface area contributed by atoms with Gasteiger partial charge in [-0.15, -0.1) is 0 Å². The number of carboxylic acid groups (broad SMARTS) is 1. The van der Waals surface area contributed by atoms with Crippen LogP contribution < -0.4 is 10.6 Å². The van der Waals surface area contributed by atoms with Crippen LogP contribution in [0.4, 0.5) is 5.69 Å². The summed E-state index contributed by atoms with van der Waals surface area (Å²) in [5, 5.41) is 14.9. The van der Waals surface area contributed by atoms with Crippen molar-refractivity contribution in [2.45, 2.75) is 26.3 Å². The summed E-state index contributed by atoms with van der Waals surface area (Å²) in [6.45, 7) is 2.94. The zero-order valence-corrected chi connectivity index (χ0v) is 10.9. The lowest BCUT2D eigenvalue weighted by Gasteiger charge is -2.11. The second-order valence-electron chi connectivity index (χ2n) is 4.79. The minimum atomic E-state index is -0.765. The number of amides is 1. The van der Waals surface area contributed by atoms with E-state index in [1.807, 2.05) is 25.1 Å². The SMILES string of the molecule is CCC(CNCc1ccc2c(c1)CC(=O)N2)C(=O)O. The minimum absolute atomic E-state index is 0.0250. The molecule has 0 saturated carbocycles. The van der Waals surface area contributed by atoms with Gasteiger partial charge in [0, 0.05) is 18.8 Å². The monoisotopic (exact) mass is 262 g/mol. The molecule has 1 heterocycles. The maximum Gasteiger partial charge on any atom is 0.307 e. The number of carbonyl (C=O) groups excluding carboxylic acids is 1. The molecule has 0 aromatic heterocycles. The average molecular weight is 262 g/mol. The first kappa shape index (κ1) is 13.5. The number of carbonyl (C=O) groups is 2. The summed E-state index contributed by atoms with van der Waals surface area (Å²) in [4.78, 5) is 22.1.